The number of rotatable bonds is 8. The lowest BCUT2D eigenvalue weighted by atomic mass is 10.0. The molecule has 5 rings (SSSR count). The zero-order valence-electron chi connectivity index (χ0n) is 21.7. The second-order valence-corrected chi connectivity index (χ2v) is 9.44. The number of nitrogens with one attached hydrogen (secondary N) is 2. The van der Waals surface area contributed by atoms with Crippen molar-refractivity contribution in [2.75, 3.05) is 50.0 Å². The van der Waals surface area contributed by atoms with Crippen LogP contribution in [0.5, 0.6) is 0 Å². The van der Waals surface area contributed by atoms with Crippen LogP contribution in [0.2, 0.25) is 0 Å². The summed E-state index contributed by atoms with van der Waals surface area (Å²) in [5.41, 5.74) is -1.19. The van der Waals surface area contributed by atoms with Crippen molar-refractivity contribution in [3.05, 3.63) is 71.8 Å². The lowest BCUT2D eigenvalue weighted by molar-refractivity contribution is -0.138. The highest BCUT2D eigenvalue weighted by Crippen LogP contribution is 2.37. The number of fused-ring (bicyclic) bond motifs is 1. The minimum absolute atomic E-state index is 0.0721. The van der Waals surface area contributed by atoms with Crippen molar-refractivity contribution in [2.24, 2.45) is 0 Å². The molecule has 0 aliphatic carbocycles. The molecule has 4 aromatic rings. The highest BCUT2D eigenvalue weighted by atomic mass is 19.4. The summed E-state index contributed by atoms with van der Waals surface area (Å²) in [5.74, 6) is 0.427. The Bertz CT molecular complexity index is 1490. The maximum absolute atomic E-state index is 13.7. The number of alkyl halides is 6. The van der Waals surface area contributed by atoms with E-state index in [-0.39, 0.29) is 28.7 Å². The van der Waals surface area contributed by atoms with Crippen molar-refractivity contribution in [2.45, 2.75) is 18.8 Å². The molecule has 0 saturated carbocycles. The molecule has 7 nitrogen and oxygen atoms in total. The molecule has 0 bridgehead atoms. The standard InChI is InChI=1S/C28H26F6N6O/c29-27(30,31)18-6-8-19(9-7-18)36-24-21-10-11-23(20-4-1-2-5-22(20)28(32,33)34)37-25(21)39-26(38-24)35-12-3-13-40-14-16-41-17-15-40/h1-2,4-11H,3,12-17H2,(H2,35,36,37,38,39). The molecule has 2 N–H and O–H groups in total. The normalized spacial score (nSPS) is 14.8. The van der Waals surface area contributed by atoms with E-state index in [4.69, 9.17) is 4.74 Å². The fourth-order valence-electron chi connectivity index (χ4n) is 4.49. The summed E-state index contributed by atoms with van der Waals surface area (Å²) >= 11 is 0. The van der Waals surface area contributed by atoms with E-state index in [1.807, 2.05) is 0 Å². The van der Waals surface area contributed by atoms with Crippen LogP contribution in [0.25, 0.3) is 22.3 Å². The second kappa shape index (κ2) is 11.9. The Morgan fingerprint density at radius 3 is 2.24 bits per heavy atom. The van der Waals surface area contributed by atoms with Crippen molar-refractivity contribution in [3.63, 3.8) is 0 Å². The average molecular weight is 577 g/mol. The maximum atomic E-state index is 13.7. The van der Waals surface area contributed by atoms with Crippen molar-refractivity contribution in [3.8, 4) is 11.3 Å². The zero-order chi connectivity index (χ0) is 29.0. The fourth-order valence-corrected chi connectivity index (χ4v) is 4.49. The first-order valence-corrected chi connectivity index (χ1v) is 12.9. The van der Waals surface area contributed by atoms with Gasteiger partial charge in [-0.1, -0.05) is 18.2 Å². The lowest BCUT2D eigenvalue weighted by Crippen LogP contribution is -2.37. The molecule has 41 heavy (non-hydrogen) atoms. The van der Waals surface area contributed by atoms with E-state index in [1.54, 1.807) is 6.07 Å². The Morgan fingerprint density at radius 1 is 0.805 bits per heavy atom. The molecule has 2 aromatic carbocycles. The monoisotopic (exact) mass is 576 g/mol. The molecule has 0 spiro atoms. The number of halogens is 6. The lowest BCUT2D eigenvalue weighted by Gasteiger charge is -2.26. The molecule has 1 aliphatic rings. The van der Waals surface area contributed by atoms with Crippen LogP contribution in [0, 0.1) is 0 Å². The number of hydrogen-bond acceptors (Lipinski definition) is 7. The van der Waals surface area contributed by atoms with Gasteiger partial charge in [-0.2, -0.15) is 36.3 Å². The van der Waals surface area contributed by atoms with Gasteiger partial charge in [0, 0.05) is 30.9 Å². The zero-order valence-corrected chi connectivity index (χ0v) is 21.7. The molecule has 2 aromatic heterocycles. The fraction of sp³-hybridized carbons (Fsp3) is 0.321. The Hall–Kier alpha value is -3.97. The molecule has 0 atom stereocenters. The maximum Gasteiger partial charge on any atom is 0.417 e. The molecule has 1 aliphatic heterocycles. The molecule has 0 amide bonds. The third-order valence-electron chi connectivity index (χ3n) is 6.58. The van der Waals surface area contributed by atoms with Crippen LogP contribution in [0.3, 0.4) is 0 Å². The van der Waals surface area contributed by atoms with E-state index < -0.39 is 23.5 Å². The van der Waals surface area contributed by atoms with Gasteiger partial charge < -0.3 is 15.4 Å². The number of aromatic nitrogens is 3. The van der Waals surface area contributed by atoms with Crippen molar-refractivity contribution < 1.29 is 31.1 Å². The van der Waals surface area contributed by atoms with E-state index in [0.717, 1.165) is 44.3 Å². The van der Waals surface area contributed by atoms with Crippen molar-refractivity contribution >= 4 is 28.5 Å². The summed E-state index contributed by atoms with van der Waals surface area (Å²) in [5, 5.41) is 6.53. The quantitative estimate of drug-likeness (QED) is 0.181. The van der Waals surface area contributed by atoms with Gasteiger partial charge in [0.15, 0.2) is 5.65 Å². The Morgan fingerprint density at radius 2 is 1.54 bits per heavy atom. The van der Waals surface area contributed by atoms with Crippen LogP contribution >= 0.6 is 0 Å². The van der Waals surface area contributed by atoms with Crippen LogP contribution in [0.1, 0.15) is 17.5 Å². The summed E-state index contributed by atoms with van der Waals surface area (Å²) in [7, 11) is 0. The minimum Gasteiger partial charge on any atom is -0.379 e. The third kappa shape index (κ3) is 7.03. The number of hydrogen-bond donors (Lipinski definition) is 2. The first-order valence-electron chi connectivity index (χ1n) is 12.9. The van der Waals surface area contributed by atoms with Gasteiger partial charge in [-0.05, 0) is 55.4 Å². The third-order valence-corrected chi connectivity index (χ3v) is 6.58. The SMILES string of the molecule is FC(F)(F)c1ccc(Nc2nc(NCCCN3CCOCC3)nc3nc(-c4ccccc4C(F)(F)F)ccc23)cc1. The first-order chi connectivity index (χ1) is 19.6. The molecule has 0 unspecified atom stereocenters. The topological polar surface area (TPSA) is 75.2 Å². The number of benzene rings is 2. The molecular formula is C28H26F6N6O. The summed E-state index contributed by atoms with van der Waals surface area (Å²) < 4.78 is 85.4. The average Bonchev–Trinajstić information content (AvgIpc) is 2.95. The second-order valence-electron chi connectivity index (χ2n) is 9.44. The predicted octanol–water partition coefficient (Wildman–Crippen LogP) is 6.61. The van der Waals surface area contributed by atoms with Gasteiger partial charge in [0.25, 0.3) is 0 Å². The van der Waals surface area contributed by atoms with E-state index in [2.05, 4.69) is 30.5 Å². The van der Waals surface area contributed by atoms with Gasteiger partial charge in [0.1, 0.15) is 5.82 Å². The van der Waals surface area contributed by atoms with Crippen LogP contribution in [-0.2, 0) is 17.1 Å². The van der Waals surface area contributed by atoms with E-state index in [1.165, 1.54) is 36.4 Å². The summed E-state index contributed by atoms with van der Waals surface area (Å²) in [6, 6.07) is 12.5. The number of ether oxygens (including phenoxy) is 1. The number of anilines is 3. The number of nitrogens with zero attached hydrogens (tertiary/aromatic N) is 4. The highest BCUT2D eigenvalue weighted by molar-refractivity contribution is 5.91. The largest absolute Gasteiger partial charge is 0.417 e. The van der Waals surface area contributed by atoms with Gasteiger partial charge in [-0.3, -0.25) is 4.90 Å². The smallest absolute Gasteiger partial charge is 0.379 e. The summed E-state index contributed by atoms with van der Waals surface area (Å²) in [6.45, 7) is 4.41. The summed E-state index contributed by atoms with van der Waals surface area (Å²) in [4.78, 5) is 15.7. The molecular weight excluding hydrogens is 550 g/mol. The minimum atomic E-state index is -4.58. The molecule has 0 radical (unpaired) electrons. The van der Waals surface area contributed by atoms with Crippen molar-refractivity contribution in [1.29, 1.82) is 0 Å². The van der Waals surface area contributed by atoms with Crippen molar-refractivity contribution in [1.82, 2.24) is 19.9 Å². The first kappa shape index (κ1) is 28.6. The molecule has 13 heteroatoms. The van der Waals surface area contributed by atoms with E-state index in [9.17, 15) is 26.3 Å². The molecule has 216 valence electrons. The van der Waals surface area contributed by atoms with Gasteiger partial charge in [0.2, 0.25) is 5.95 Å². The predicted molar refractivity (Wildman–Crippen MR) is 143 cm³/mol. The Kier molecular flexibility index (Phi) is 8.27. The highest BCUT2D eigenvalue weighted by Gasteiger charge is 2.34. The van der Waals surface area contributed by atoms with Gasteiger partial charge >= 0.3 is 12.4 Å². The molecule has 1 saturated heterocycles. The number of morpholine rings is 1. The summed E-state index contributed by atoms with van der Waals surface area (Å²) in [6.07, 6.45) is -8.29. The number of pyridine rings is 1. The Balaban J connectivity index is 1.46. The van der Waals surface area contributed by atoms with E-state index in [0.29, 0.717) is 30.8 Å². The van der Waals surface area contributed by atoms with Crippen LogP contribution in [-0.4, -0.2) is 59.2 Å². The van der Waals surface area contributed by atoms with Gasteiger partial charge in [-0.15, -0.1) is 0 Å². The molecule has 3 heterocycles. The molecule has 1 fully saturated rings. The Labute approximate surface area is 231 Å². The van der Waals surface area contributed by atoms with Gasteiger partial charge in [-0.25, -0.2) is 4.98 Å². The van der Waals surface area contributed by atoms with Crippen LogP contribution in [0.15, 0.2) is 60.7 Å². The van der Waals surface area contributed by atoms with E-state index >= 15 is 0 Å². The van der Waals surface area contributed by atoms with Crippen LogP contribution in [0.4, 0.5) is 43.8 Å². The van der Waals surface area contributed by atoms with Crippen LogP contribution < -0.4 is 10.6 Å². The van der Waals surface area contributed by atoms with Gasteiger partial charge in [0.05, 0.1) is 35.4 Å².